The molecule has 3 amide bonds. The number of nitrogens with one attached hydrogen (secondary N) is 2. The molecule has 2 rings (SSSR count). The lowest BCUT2D eigenvalue weighted by molar-refractivity contribution is -0.125. The van der Waals surface area contributed by atoms with E-state index in [0.29, 0.717) is 6.54 Å². The van der Waals surface area contributed by atoms with Gasteiger partial charge >= 0.3 is 6.09 Å². The van der Waals surface area contributed by atoms with Crippen molar-refractivity contribution in [3.63, 3.8) is 0 Å². The van der Waals surface area contributed by atoms with Gasteiger partial charge in [0, 0.05) is 0 Å². The van der Waals surface area contributed by atoms with Crippen LogP contribution in [0.25, 0.3) is 10.8 Å². The second kappa shape index (κ2) is 10.4. The Kier molecular flexibility index (Phi) is 7.95. The van der Waals surface area contributed by atoms with Crippen molar-refractivity contribution in [2.24, 2.45) is 0 Å². The Morgan fingerprint density at radius 2 is 1.68 bits per heavy atom. The molecule has 0 aliphatic rings. The van der Waals surface area contributed by atoms with E-state index in [-0.39, 0.29) is 31.6 Å². The highest BCUT2D eigenvalue weighted by molar-refractivity contribution is 5.93. The molecule has 7 heteroatoms. The summed E-state index contributed by atoms with van der Waals surface area (Å²) >= 11 is 0. The molecule has 28 heavy (non-hydrogen) atoms. The van der Waals surface area contributed by atoms with Gasteiger partial charge in [-0.3, -0.25) is 19.8 Å². The first-order chi connectivity index (χ1) is 13.4. The van der Waals surface area contributed by atoms with Crippen LogP contribution in [0.5, 0.6) is 0 Å². The summed E-state index contributed by atoms with van der Waals surface area (Å²) in [7, 11) is 0. The molecule has 1 atom stereocenters. The molecule has 2 aromatic carbocycles. The van der Waals surface area contributed by atoms with Crippen LogP contribution in [0.1, 0.15) is 32.4 Å². The molecule has 0 bridgehead atoms. The van der Waals surface area contributed by atoms with E-state index in [1.807, 2.05) is 50.2 Å². The largest absolute Gasteiger partial charge is 0.450 e. The topological polar surface area (TPSA) is 87.7 Å². The molecule has 0 heterocycles. The van der Waals surface area contributed by atoms with Gasteiger partial charge in [-0.2, -0.15) is 0 Å². The fourth-order valence-corrected chi connectivity index (χ4v) is 2.85. The standard InChI is InChI=1S/C21H27N3O4/c1-4-24(14-20(26)23-21(27)28-5-2)13-19(25)22-15(3)17-11-10-16-8-6-7-9-18(16)12-17/h6-12,15H,4-5,13-14H2,1-3H3,(H,22,25)(H,23,26,27)/t15-/m1/s1. The van der Waals surface area contributed by atoms with Crippen LogP contribution in [0.3, 0.4) is 0 Å². The van der Waals surface area contributed by atoms with Crippen LogP contribution < -0.4 is 10.6 Å². The molecule has 0 aliphatic heterocycles. The highest BCUT2D eigenvalue weighted by Crippen LogP contribution is 2.20. The summed E-state index contributed by atoms with van der Waals surface area (Å²) in [5, 5.41) is 7.35. The van der Waals surface area contributed by atoms with Crippen molar-refractivity contribution < 1.29 is 19.1 Å². The van der Waals surface area contributed by atoms with Gasteiger partial charge in [-0.05, 0) is 42.8 Å². The van der Waals surface area contributed by atoms with Gasteiger partial charge in [0.05, 0.1) is 25.7 Å². The van der Waals surface area contributed by atoms with Gasteiger partial charge in [0.2, 0.25) is 11.8 Å². The van der Waals surface area contributed by atoms with Gasteiger partial charge in [-0.25, -0.2) is 4.79 Å². The van der Waals surface area contributed by atoms with E-state index in [1.54, 1.807) is 11.8 Å². The van der Waals surface area contributed by atoms with E-state index < -0.39 is 12.0 Å². The van der Waals surface area contributed by atoms with Gasteiger partial charge in [-0.1, -0.05) is 43.3 Å². The first-order valence-corrected chi connectivity index (χ1v) is 9.40. The van der Waals surface area contributed by atoms with Crippen molar-refractivity contribution in [1.82, 2.24) is 15.5 Å². The number of carbonyl (C=O) groups is 3. The smallest absolute Gasteiger partial charge is 0.413 e. The van der Waals surface area contributed by atoms with E-state index >= 15 is 0 Å². The van der Waals surface area contributed by atoms with E-state index in [2.05, 4.69) is 21.4 Å². The van der Waals surface area contributed by atoms with E-state index in [1.165, 1.54) is 0 Å². The first kappa shape index (κ1) is 21.4. The summed E-state index contributed by atoms with van der Waals surface area (Å²) in [6, 6.07) is 14.0. The van der Waals surface area contributed by atoms with Gasteiger partial charge in [-0.15, -0.1) is 0 Å². The van der Waals surface area contributed by atoms with Gasteiger partial charge in [0.15, 0.2) is 0 Å². The third kappa shape index (κ3) is 6.35. The van der Waals surface area contributed by atoms with Gasteiger partial charge in [0.25, 0.3) is 0 Å². The van der Waals surface area contributed by atoms with Crippen molar-refractivity contribution >= 4 is 28.7 Å². The third-order valence-corrected chi connectivity index (χ3v) is 4.35. The fraction of sp³-hybridized carbons (Fsp3) is 0.381. The summed E-state index contributed by atoms with van der Waals surface area (Å²) in [6.45, 7) is 6.10. The molecule has 0 radical (unpaired) electrons. The predicted molar refractivity (Wildman–Crippen MR) is 108 cm³/mol. The lowest BCUT2D eigenvalue weighted by Gasteiger charge is -2.21. The maximum absolute atomic E-state index is 12.4. The number of hydrogen-bond acceptors (Lipinski definition) is 5. The molecule has 0 fully saturated rings. The van der Waals surface area contributed by atoms with Crippen molar-refractivity contribution in [2.75, 3.05) is 26.2 Å². The van der Waals surface area contributed by atoms with Gasteiger partial charge < -0.3 is 10.1 Å². The number of hydrogen-bond donors (Lipinski definition) is 2. The molecular weight excluding hydrogens is 358 g/mol. The Balaban J connectivity index is 1.89. The van der Waals surface area contributed by atoms with E-state index in [4.69, 9.17) is 0 Å². The molecule has 150 valence electrons. The molecule has 0 spiro atoms. The highest BCUT2D eigenvalue weighted by atomic mass is 16.5. The predicted octanol–water partition coefficient (Wildman–Crippen LogP) is 2.61. The number of amides is 3. The molecule has 0 saturated heterocycles. The summed E-state index contributed by atoms with van der Waals surface area (Å²) in [6.07, 6.45) is -0.780. The van der Waals surface area contributed by atoms with Crippen molar-refractivity contribution in [3.05, 3.63) is 48.0 Å². The number of ether oxygens (including phenoxy) is 1. The molecule has 0 saturated carbocycles. The van der Waals surface area contributed by atoms with E-state index in [0.717, 1.165) is 16.3 Å². The van der Waals surface area contributed by atoms with Crippen LogP contribution in [0.15, 0.2) is 42.5 Å². The lowest BCUT2D eigenvalue weighted by atomic mass is 10.0. The minimum Gasteiger partial charge on any atom is -0.450 e. The van der Waals surface area contributed by atoms with Crippen LogP contribution in [0.4, 0.5) is 4.79 Å². The van der Waals surface area contributed by atoms with Crippen molar-refractivity contribution in [2.45, 2.75) is 26.8 Å². The Bertz CT molecular complexity index is 837. The number of fused-ring (bicyclic) bond motifs is 1. The zero-order valence-corrected chi connectivity index (χ0v) is 16.5. The summed E-state index contributed by atoms with van der Waals surface area (Å²) in [5.41, 5.74) is 1.01. The van der Waals surface area contributed by atoms with Crippen molar-refractivity contribution in [3.8, 4) is 0 Å². The molecule has 2 aromatic rings. The second-order valence-corrected chi connectivity index (χ2v) is 6.47. The zero-order chi connectivity index (χ0) is 20.5. The lowest BCUT2D eigenvalue weighted by Crippen LogP contribution is -2.44. The number of likely N-dealkylation sites (N-methyl/N-ethyl adjacent to an activating group) is 1. The maximum Gasteiger partial charge on any atom is 0.413 e. The Labute approximate surface area is 165 Å². The molecule has 0 aliphatic carbocycles. The first-order valence-electron chi connectivity index (χ1n) is 9.40. The van der Waals surface area contributed by atoms with Crippen LogP contribution in [-0.4, -0.2) is 49.0 Å². The number of alkyl carbamates (subject to hydrolysis) is 1. The van der Waals surface area contributed by atoms with Crippen LogP contribution in [-0.2, 0) is 14.3 Å². The normalized spacial score (nSPS) is 11.9. The monoisotopic (exact) mass is 385 g/mol. The maximum atomic E-state index is 12.4. The number of benzene rings is 2. The molecule has 0 unspecified atom stereocenters. The Morgan fingerprint density at radius 1 is 1.00 bits per heavy atom. The molecule has 2 N–H and O–H groups in total. The van der Waals surface area contributed by atoms with Gasteiger partial charge in [0.1, 0.15) is 0 Å². The number of nitrogens with zero attached hydrogens (tertiary/aromatic N) is 1. The van der Waals surface area contributed by atoms with Crippen LogP contribution >= 0.6 is 0 Å². The quantitative estimate of drug-likeness (QED) is 0.729. The average molecular weight is 385 g/mol. The Hall–Kier alpha value is -2.93. The molecular formula is C21H27N3O4. The number of imide groups is 1. The summed E-state index contributed by atoms with van der Waals surface area (Å²) in [4.78, 5) is 37.2. The van der Waals surface area contributed by atoms with Crippen molar-refractivity contribution in [1.29, 1.82) is 0 Å². The second-order valence-electron chi connectivity index (χ2n) is 6.47. The van der Waals surface area contributed by atoms with Crippen LogP contribution in [0, 0.1) is 0 Å². The zero-order valence-electron chi connectivity index (χ0n) is 16.5. The minimum absolute atomic E-state index is 0.0602. The Morgan fingerprint density at radius 3 is 2.36 bits per heavy atom. The van der Waals surface area contributed by atoms with E-state index in [9.17, 15) is 14.4 Å². The number of rotatable bonds is 8. The summed E-state index contributed by atoms with van der Waals surface area (Å²) < 4.78 is 4.67. The van der Waals surface area contributed by atoms with Crippen LogP contribution in [0.2, 0.25) is 0 Å². The molecule has 0 aromatic heterocycles. The highest BCUT2D eigenvalue weighted by Gasteiger charge is 2.17. The summed E-state index contributed by atoms with van der Waals surface area (Å²) in [5.74, 6) is -0.692. The SMILES string of the molecule is CCOC(=O)NC(=O)CN(CC)CC(=O)N[C@H](C)c1ccc2ccccc2c1. The average Bonchev–Trinajstić information content (AvgIpc) is 2.66. The number of carbonyl (C=O) groups excluding carboxylic acids is 3. The fourth-order valence-electron chi connectivity index (χ4n) is 2.85. The third-order valence-electron chi connectivity index (χ3n) is 4.35. The minimum atomic E-state index is -0.780. The molecule has 7 nitrogen and oxygen atoms in total.